The zero-order valence-electron chi connectivity index (χ0n) is 12.6. The summed E-state index contributed by atoms with van der Waals surface area (Å²) in [6, 6.07) is 10.7. The van der Waals surface area contributed by atoms with Gasteiger partial charge in [0.25, 0.3) is 5.69 Å². The topological polar surface area (TPSA) is 80.5 Å². The number of nitrogens with zero attached hydrogens (tertiary/aromatic N) is 2. The van der Waals surface area contributed by atoms with E-state index in [0.717, 1.165) is 15.9 Å². The first-order chi connectivity index (χ1) is 10.7. The molecule has 0 fully saturated rings. The zero-order chi connectivity index (χ0) is 17.2. The Morgan fingerprint density at radius 2 is 1.91 bits per heavy atom. The van der Waals surface area contributed by atoms with Crippen LogP contribution in [0.3, 0.4) is 0 Å². The van der Waals surface area contributed by atoms with E-state index in [4.69, 9.17) is 11.6 Å². The monoisotopic (exact) mass is 354 g/mol. The maximum Gasteiger partial charge on any atom is 0.273 e. The van der Waals surface area contributed by atoms with Crippen LogP contribution >= 0.6 is 11.6 Å². The van der Waals surface area contributed by atoms with Crippen LogP contribution in [0.5, 0.6) is 0 Å². The van der Waals surface area contributed by atoms with E-state index in [9.17, 15) is 18.5 Å². The van der Waals surface area contributed by atoms with Crippen LogP contribution in [0, 0.1) is 17.0 Å². The van der Waals surface area contributed by atoms with E-state index < -0.39 is 14.9 Å². The molecule has 0 bridgehead atoms. The third-order valence-corrected chi connectivity index (χ3v) is 5.41. The molecule has 0 aromatic heterocycles. The predicted octanol–water partition coefficient (Wildman–Crippen LogP) is 3.38. The van der Waals surface area contributed by atoms with Crippen molar-refractivity contribution in [3.05, 3.63) is 68.7 Å². The number of nitro groups is 1. The number of rotatable bonds is 5. The van der Waals surface area contributed by atoms with Gasteiger partial charge in [-0.1, -0.05) is 29.8 Å². The van der Waals surface area contributed by atoms with Crippen molar-refractivity contribution in [3.63, 3.8) is 0 Å². The normalized spacial score (nSPS) is 11.7. The second-order valence-corrected chi connectivity index (χ2v) is 7.58. The van der Waals surface area contributed by atoms with Gasteiger partial charge in [0, 0.05) is 30.2 Å². The van der Waals surface area contributed by atoms with Gasteiger partial charge in [0.15, 0.2) is 0 Å². The molecule has 2 aromatic carbocycles. The summed E-state index contributed by atoms with van der Waals surface area (Å²) in [6.07, 6.45) is 0. The minimum Gasteiger partial charge on any atom is -0.258 e. The molecule has 0 aliphatic carbocycles. The summed E-state index contributed by atoms with van der Waals surface area (Å²) in [7, 11) is -2.42. The first kappa shape index (κ1) is 17.4. The first-order valence-electron chi connectivity index (χ1n) is 6.67. The molecule has 0 radical (unpaired) electrons. The summed E-state index contributed by atoms with van der Waals surface area (Å²) in [5, 5.41) is 11.5. The van der Waals surface area contributed by atoms with Crippen LogP contribution < -0.4 is 0 Å². The highest BCUT2D eigenvalue weighted by Crippen LogP contribution is 2.25. The Kier molecular flexibility index (Phi) is 5.03. The molecule has 0 atom stereocenters. The Labute approximate surface area is 139 Å². The molecule has 2 aromatic rings. The van der Waals surface area contributed by atoms with Crippen LogP contribution in [0.15, 0.2) is 47.4 Å². The lowest BCUT2D eigenvalue weighted by atomic mass is 10.2. The standard InChI is InChI=1S/C15H15ClN2O4S/c1-11-6-7-14(9-15(11)18(19)20)23(21,22)17(2)10-12-4-3-5-13(16)8-12/h3-9H,10H2,1-2H3. The molecular formula is C15H15ClN2O4S. The van der Waals surface area contributed by atoms with Crippen LogP contribution in [0.2, 0.25) is 5.02 Å². The van der Waals surface area contributed by atoms with Crippen molar-refractivity contribution in [2.45, 2.75) is 18.4 Å². The molecule has 0 amide bonds. The third kappa shape index (κ3) is 3.87. The predicted molar refractivity (Wildman–Crippen MR) is 87.9 cm³/mol. The van der Waals surface area contributed by atoms with Crippen LogP contribution in [0.4, 0.5) is 5.69 Å². The van der Waals surface area contributed by atoms with Crippen molar-refractivity contribution < 1.29 is 13.3 Å². The van der Waals surface area contributed by atoms with Gasteiger partial charge in [0.1, 0.15) is 0 Å². The van der Waals surface area contributed by atoms with Crippen molar-refractivity contribution >= 4 is 27.3 Å². The van der Waals surface area contributed by atoms with Crippen molar-refractivity contribution in [3.8, 4) is 0 Å². The van der Waals surface area contributed by atoms with Crippen molar-refractivity contribution in [2.75, 3.05) is 7.05 Å². The number of hydrogen-bond acceptors (Lipinski definition) is 4. The molecule has 0 aliphatic rings. The fourth-order valence-electron chi connectivity index (χ4n) is 2.10. The average Bonchev–Trinajstić information content (AvgIpc) is 2.47. The second-order valence-electron chi connectivity index (χ2n) is 5.10. The van der Waals surface area contributed by atoms with Gasteiger partial charge < -0.3 is 0 Å². The van der Waals surface area contributed by atoms with E-state index >= 15 is 0 Å². The number of benzene rings is 2. The molecule has 0 aliphatic heterocycles. The lowest BCUT2D eigenvalue weighted by Gasteiger charge is -2.17. The van der Waals surface area contributed by atoms with Gasteiger partial charge in [-0.25, -0.2) is 8.42 Å². The molecule has 0 saturated heterocycles. The van der Waals surface area contributed by atoms with Gasteiger partial charge in [-0.2, -0.15) is 4.31 Å². The van der Waals surface area contributed by atoms with E-state index in [1.807, 2.05) is 0 Å². The van der Waals surface area contributed by atoms with Gasteiger partial charge in [0.05, 0.1) is 9.82 Å². The van der Waals surface area contributed by atoms with Crippen molar-refractivity contribution in [1.82, 2.24) is 4.31 Å². The summed E-state index contributed by atoms with van der Waals surface area (Å²) in [4.78, 5) is 10.3. The van der Waals surface area contributed by atoms with Crippen molar-refractivity contribution in [2.24, 2.45) is 0 Å². The fourth-order valence-corrected chi connectivity index (χ4v) is 3.50. The highest BCUT2D eigenvalue weighted by atomic mass is 35.5. The Hall–Kier alpha value is -1.96. The number of nitro benzene ring substituents is 1. The second kappa shape index (κ2) is 6.66. The lowest BCUT2D eigenvalue weighted by Crippen LogP contribution is -2.26. The minimum absolute atomic E-state index is 0.112. The summed E-state index contributed by atoms with van der Waals surface area (Å²) < 4.78 is 26.3. The molecule has 122 valence electrons. The largest absolute Gasteiger partial charge is 0.273 e. The summed E-state index contributed by atoms with van der Waals surface area (Å²) in [6.45, 7) is 1.68. The molecule has 0 spiro atoms. The van der Waals surface area contributed by atoms with Crippen LogP contribution in [-0.4, -0.2) is 24.7 Å². The van der Waals surface area contributed by atoms with E-state index in [0.29, 0.717) is 10.6 Å². The molecule has 23 heavy (non-hydrogen) atoms. The molecule has 0 N–H and O–H groups in total. The zero-order valence-corrected chi connectivity index (χ0v) is 14.1. The average molecular weight is 355 g/mol. The first-order valence-corrected chi connectivity index (χ1v) is 8.49. The van der Waals surface area contributed by atoms with Crippen LogP contribution in [-0.2, 0) is 16.6 Å². The van der Waals surface area contributed by atoms with Crippen molar-refractivity contribution in [1.29, 1.82) is 0 Å². The van der Waals surface area contributed by atoms with E-state index in [1.165, 1.54) is 19.2 Å². The van der Waals surface area contributed by atoms with Gasteiger partial charge in [-0.3, -0.25) is 10.1 Å². The molecule has 0 heterocycles. The van der Waals surface area contributed by atoms with Gasteiger partial charge in [0.2, 0.25) is 10.0 Å². The number of halogens is 1. The SMILES string of the molecule is Cc1ccc(S(=O)(=O)N(C)Cc2cccc(Cl)c2)cc1[N+](=O)[O-]. The van der Waals surface area contributed by atoms with Crippen LogP contribution in [0.25, 0.3) is 0 Å². The smallest absolute Gasteiger partial charge is 0.258 e. The fraction of sp³-hybridized carbons (Fsp3) is 0.200. The summed E-state index contributed by atoms with van der Waals surface area (Å²) in [5.41, 5.74) is 0.916. The van der Waals surface area contributed by atoms with E-state index in [1.54, 1.807) is 31.2 Å². The highest BCUT2D eigenvalue weighted by molar-refractivity contribution is 7.89. The number of sulfonamides is 1. The van der Waals surface area contributed by atoms with Gasteiger partial charge in [-0.15, -0.1) is 0 Å². The number of aryl methyl sites for hydroxylation is 1. The molecule has 0 saturated carbocycles. The lowest BCUT2D eigenvalue weighted by molar-refractivity contribution is -0.385. The Balaban J connectivity index is 2.34. The Bertz CT molecular complexity index is 852. The minimum atomic E-state index is -3.84. The Morgan fingerprint density at radius 3 is 2.52 bits per heavy atom. The van der Waals surface area contributed by atoms with E-state index in [2.05, 4.69) is 0 Å². The third-order valence-electron chi connectivity index (χ3n) is 3.38. The molecule has 8 heteroatoms. The molecular weight excluding hydrogens is 340 g/mol. The van der Waals surface area contributed by atoms with Crippen LogP contribution in [0.1, 0.15) is 11.1 Å². The van der Waals surface area contributed by atoms with Gasteiger partial charge >= 0.3 is 0 Å². The summed E-state index contributed by atoms with van der Waals surface area (Å²) in [5.74, 6) is 0. The molecule has 6 nitrogen and oxygen atoms in total. The maximum atomic E-state index is 12.6. The molecule has 2 rings (SSSR count). The number of hydrogen-bond donors (Lipinski definition) is 0. The quantitative estimate of drug-likeness (QED) is 0.609. The maximum absolute atomic E-state index is 12.6. The highest BCUT2D eigenvalue weighted by Gasteiger charge is 2.24. The summed E-state index contributed by atoms with van der Waals surface area (Å²) >= 11 is 5.89. The van der Waals surface area contributed by atoms with Gasteiger partial charge in [-0.05, 0) is 30.7 Å². The Morgan fingerprint density at radius 1 is 1.22 bits per heavy atom. The van der Waals surface area contributed by atoms with E-state index in [-0.39, 0.29) is 17.1 Å². The molecule has 0 unspecified atom stereocenters.